The first-order valence-corrected chi connectivity index (χ1v) is 6.38. The monoisotopic (exact) mass is 281 g/mol. The first-order valence-electron chi connectivity index (χ1n) is 6.38. The van der Waals surface area contributed by atoms with Crippen LogP contribution < -0.4 is 10.6 Å². The number of nitrogens with one attached hydrogen (secondary N) is 2. The average molecular weight is 281 g/mol. The predicted molar refractivity (Wildman–Crippen MR) is 61.8 cm³/mol. The average Bonchev–Trinajstić information content (AvgIpc) is 2.80. The lowest BCUT2D eigenvalue weighted by Gasteiger charge is -2.35. The van der Waals surface area contributed by atoms with Crippen LogP contribution in [0, 0.1) is 0 Å². The molecule has 110 valence electrons. The molecule has 2 aliphatic rings. The van der Waals surface area contributed by atoms with Gasteiger partial charge < -0.3 is 15.4 Å². The Bertz CT molecular complexity index is 325. The Morgan fingerprint density at radius 3 is 2.89 bits per heavy atom. The van der Waals surface area contributed by atoms with E-state index in [4.69, 9.17) is 4.74 Å². The molecule has 2 atom stereocenters. The molecule has 2 unspecified atom stereocenters. The van der Waals surface area contributed by atoms with Crippen LogP contribution in [0.4, 0.5) is 18.0 Å². The molecule has 2 aliphatic heterocycles. The zero-order chi connectivity index (χ0) is 13.9. The maximum atomic E-state index is 11.9. The van der Waals surface area contributed by atoms with E-state index in [2.05, 4.69) is 10.2 Å². The smallest absolute Gasteiger partial charge is 0.373 e. The van der Waals surface area contributed by atoms with Gasteiger partial charge in [0, 0.05) is 19.1 Å². The summed E-state index contributed by atoms with van der Waals surface area (Å²) in [4.78, 5) is 13.5. The predicted octanol–water partition coefficient (Wildman–Crippen LogP) is 0.711. The fraction of sp³-hybridized carbons (Fsp3) is 0.909. The molecule has 2 fully saturated rings. The second kappa shape index (κ2) is 5.96. The van der Waals surface area contributed by atoms with Crippen molar-refractivity contribution in [1.29, 1.82) is 0 Å². The van der Waals surface area contributed by atoms with Crippen LogP contribution in [0.1, 0.15) is 12.8 Å². The fourth-order valence-corrected chi connectivity index (χ4v) is 2.46. The van der Waals surface area contributed by atoms with Crippen LogP contribution in [-0.2, 0) is 4.74 Å². The van der Waals surface area contributed by atoms with E-state index in [0.29, 0.717) is 12.6 Å². The number of carbonyl (C=O) groups is 1. The summed E-state index contributed by atoms with van der Waals surface area (Å²) >= 11 is 0. The lowest BCUT2D eigenvalue weighted by atomic mass is 10.2. The minimum Gasteiger partial charge on any atom is -0.373 e. The van der Waals surface area contributed by atoms with Crippen LogP contribution in [-0.4, -0.2) is 62.0 Å². The Balaban J connectivity index is 1.64. The van der Waals surface area contributed by atoms with Gasteiger partial charge in [0.05, 0.1) is 12.7 Å². The van der Waals surface area contributed by atoms with E-state index in [9.17, 15) is 18.0 Å². The number of rotatable bonds is 3. The molecule has 0 spiro atoms. The molecule has 2 saturated heterocycles. The van der Waals surface area contributed by atoms with Gasteiger partial charge in [-0.1, -0.05) is 0 Å². The normalized spacial score (nSPS) is 27.9. The number of carbonyl (C=O) groups excluding carboxylic acids is 1. The number of hydrogen-bond donors (Lipinski definition) is 2. The van der Waals surface area contributed by atoms with Crippen LogP contribution in [0.25, 0.3) is 0 Å². The highest BCUT2D eigenvalue weighted by molar-refractivity contribution is 5.73. The maximum absolute atomic E-state index is 11.9. The van der Waals surface area contributed by atoms with E-state index in [1.165, 1.54) is 0 Å². The zero-order valence-electron chi connectivity index (χ0n) is 10.5. The van der Waals surface area contributed by atoms with Gasteiger partial charge in [-0.3, -0.25) is 4.90 Å². The second-order valence-electron chi connectivity index (χ2n) is 4.93. The number of urea groups is 1. The quantitative estimate of drug-likeness (QED) is 0.801. The summed E-state index contributed by atoms with van der Waals surface area (Å²) < 4.78 is 41.2. The highest BCUT2D eigenvalue weighted by Gasteiger charge is 2.32. The van der Waals surface area contributed by atoms with Gasteiger partial charge in [-0.15, -0.1) is 0 Å². The van der Waals surface area contributed by atoms with Crippen molar-refractivity contribution in [2.45, 2.75) is 31.2 Å². The molecule has 0 aromatic rings. The van der Waals surface area contributed by atoms with Gasteiger partial charge in [0.15, 0.2) is 0 Å². The van der Waals surface area contributed by atoms with Crippen LogP contribution in [0.5, 0.6) is 0 Å². The van der Waals surface area contributed by atoms with Gasteiger partial charge >= 0.3 is 12.2 Å². The molecular weight excluding hydrogens is 263 g/mol. The van der Waals surface area contributed by atoms with Gasteiger partial charge in [0.1, 0.15) is 6.54 Å². The number of amides is 2. The number of alkyl halides is 3. The molecule has 0 radical (unpaired) electrons. The third-order valence-electron chi connectivity index (χ3n) is 3.40. The van der Waals surface area contributed by atoms with Crippen molar-refractivity contribution in [2.24, 2.45) is 0 Å². The first kappa shape index (κ1) is 14.4. The second-order valence-corrected chi connectivity index (χ2v) is 4.93. The van der Waals surface area contributed by atoms with E-state index >= 15 is 0 Å². The number of fused-ring (bicyclic) bond motifs is 1. The summed E-state index contributed by atoms with van der Waals surface area (Å²) in [6, 6.07) is -0.347. The molecule has 0 aromatic heterocycles. The van der Waals surface area contributed by atoms with Crippen molar-refractivity contribution in [3.05, 3.63) is 0 Å². The molecule has 0 saturated carbocycles. The molecular formula is C11H18F3N3O2. The summed E-state index contributed by atoms with van der Waals surface area (Å²) in [6.07, 6.45) is -2.25. The van der Waals surface area contributed by atoms with Crippen molar-refractivity contribution in [3.8, 4) is 0 Å². The fourth-order valence-electron chi connectivity index (χ4n) is 2.46. The Hall–Kier alpha value is -1.02. The summed E-state index contributed by atoms with van der Waals surface area (Å²) in [5, 5.41) is 4.17. The van der Waals surface area contributed by atoms with Crippen molar-refractivity contribution in [3.63, 3.8) is 0 Å². The molecule has 2 amide bonds. The van der Waals surface area contributed by atoms with Crippen LogP contribution in [0.3, 0.4) is 0 Å². The van der Waals surface area contributed by atoms with E-state index in [-0.39, 0.29) is 12.6 Å². The summed E-state index contributed by atoms with van der Waals surface area (Å²) in [7, 11) is 0. The van der Waals surface area contributed by atoms with Crippen molar-refractivity contribution >= 4 is 6.03 Å². The zero-order valence-corrected chi connectivity index (χ0v) is 10.5. The van der Waals surface area contributed by atoms with Crippen LogP contribution in [0.15, 0.2) is 0 Å². The Kier molecular flexibility index (Phi) is 4.51. The molecule has 5 nitrogen and oxygen atoms in total. The van der Waals surface area contributed by atoms with Gasteiger partial charge in [-0.05, 0) is 19.4 Å². The van der Waals surface area contributed by atoms with Gasteiger partial charge in [0.2, 0.25) is 0 Å². The van der Waals surface area contributed by atoms with E-state index in [0.717, 1.165) is 25.9 Å². The van der Waals surface area contributed by atoms with E-state index < -0.39 is 18.8 Å². The Labute approximate surface area is 109 Å². The van der Waals surface area contributed by atoms with Gasteiger partial charge in [0.25, 0.3) is 0 Å². The largest absolute Gasteiger partial charge is 0.405 e. The highest BCUT2D eigenvalue weighted by Crippen LogP contribution is 2.22. The lowest BCUT2D eigenvalue weighted by Crippen LogP contribution is -2.51. The highest BCUT2D eigenvalue weighted by atomic mass is 19.4. The Morgan fingerprint density at radius 1 is 1.37 bits per heavy atom. The molecule has 8 heteroatoms. The molecule has 0 aliphatic carbocycles. The van der Waals surface area contributed by atoms with E-state index in [1.54, 1.807) is 5.32 Å². The molecule has 2 heterocycles. The standard InChI is InChI=1S/C11H18F3N3O2/c12-11(13,14)7-16-10(18)15-4-9-5-17-3-1-2-8(17)6-19-9/h8-9H,1-7H2,(H2,15,16,18). The molecule has 19 heavy (non-hydrogen) atoms. The summed E-state index contributed by atoms with van der Waals surface area (Å²) in [5.74, 6) is 0. The van der Waals surface area contributed by atoms with Crippen LogP contribution >= 0.6 is 0 Å². The Morgan fingerprint density at radius 2 is 2.16 bits per heavy atom. The number of ether oxygens (including phenoxy) is 1. The first-order chi connectivity index (χ1) is 8.94. The molecule has 0 aromatic carbocycles. The number of hydrogen-bond acceptors (Lipinski definition) is 3. The van der Waals surface area contributed by atoms with Crippen molar-refractivity contribution in [1.82, 2.24) is 15.5 Å². The minimum atomic E-state index is -4.39. The molecule has 0 bridgehead atoms. The SMILES string of the molecule is O=C(NCC1CN2CCCC2CO1)NCC(F)(F)F. The molecule has 2 N–H and O–H groups in total. The van der Waals surface area contributed by atoms with Crippen LogP contribution in [0.2, 0.25) is 0 Å². The van der Waals surface area contributed by atoms with Gasteiger partial charge in [-0.2, -0.15) is 13.2 Å². The minimum absolute atomic E-state index is 0.147. The van der Waals surface area contributed by atoms with E-state index in [1.807, 2.05) is 0 Å². The lowest BCUT2D eigenvalue weighted by molar-refractivity contribution is -0.122. The van der Waals surface area contributed by atoms with Crippen molar-refractivity contribution in [2.75, 3.05) is 32.8 Å². The number of morpholine rings is 1. The summed E-state index contributed by atoms with van der Waals surface area (Å²) in [5.41, 5.74) is 0. The third-order valence-corrected chi connectivity index (χ3v) is 3.40. The summed E-state index contributed by atoms with van der Waals surface area (Å²) in [6.45, 7) is 1.30. The molecule has 2 rings (SSSR count). The van der Waals surface area contributed by atoms with Crippen molar-refractivity contribution < 1.29 is 22.7 Å². The topological polar surface area (TPSA) is 53.6 Å². The number of halogens is 3. The van der Waals surface area contributed by atoms with Gasteiger partial charge in [-0.25, -0.2) is 4.79 Å². The third kappa shape index (κ3) is 4.54. The number of nitrogens with zero attached hydrogens (tertiary/aromatic N) is 1. The maximum Gasteiger partial charge on any atom is 0.405 e.